The van der Waals surface area contributed by atoms with Gasteiger partial charge in [-0.2, -0.15) is 0 Å². The number of aliphatic hydroxyl groups is 1. The smallest absolute Gasteiger partial charge is 0.305 e. The van der Waals surface area contributed by atoms with E-state index in [9.17, 15) is 19.4 Å². The number of hydrogen-bond acceptors (Lipinski definition) is 4. The van der Waals surface area contributed by atoms with Gasteiger partial charge in [0.1, 0.15) is 17.7 Å². The van der Waals surface area contributed by atoms with E-state index in [1.807, 2.05) is 25.1 Å². The van der Waals surface area contributed by atoms with Crippen LogP contribution in [0.25, 0.3) is 10.9 Å². The minimum atomic E-state index is -1.07. The van der Waals surface area contributed by atoms with Crippen LogP contribution in [0.5, 0.6) is 5.75 Å². The molecule has 0 fully saturated rings. The molecule has 0 bridgehead atoms. The molecule has 0 radical (unpaired) electrons. The zero-order valence-electron chi connectivity index (χ0n) is 20.0. The molecular weight excluding hydrogens is 445 g/mol. The van der Waals surface area contributed by atoms with Crippen molar-refractivity contribution in [3.05, 3.63) is 100 Å². The Morgan fingerprint density at radius 3 is 2.57 bits per heavy atom. The number of aromatic nitrogens is 1. The molecule has 182 valence electrons. The molecule has 3 aromatic carbocycles. The van der Waals surface area contributed by atoms with E-state index in [4.69, 9.17) is 4.74 Å². The number of aliphatic hydroxyl groups excluding tert-OH is 1. The van der Waals surface area contributed by atoms with Crippen LogP contribution >= 0.6 is 0 Å². The van der Waals surface area contributed by atoms with Crippen LogP contribution in [0, 0.1) is 12.7 Å². The summed E-state index contributed by atoms with van der Waals surface area (Å²) in [5.41, 5.74) is 5.20. The molecule has 6 heteroatoms. The first-order chi connectivity index (χ1) is 16.9. The molecule has 1 aromatic heterocycles. The summed E-state index contributed by atoms with van der Waals surface area (Å²) in [5, 5.41) is 22.4. The van der Waals surface area contributed by atoms with Gasteiger partial charge in [0.15, 0.2) is 0 Å². The Labute approximate surface area is 204 Å². The van der Waals surface area contributed by atoms with Gasteiger partial charge in [-0.25, -0.2) is 4.39 Å². The highest BCUT2D eigenvalue weighted by Gasteiger charge is 2.18. The minimum Gasteiger partial charge on any atom is -0.508 e. The summed E-state index contributed by atoms with van der Waals surface area (Å²) in [6.45, 7) is 4.83. The van der Waals surface area contributed by atoms with Gasteiger partial charge in [-0.15, -0.1) is 0 Å². The number of nitrogens with zero attached hydrogens (tertiary/aromatic N) is 1. The van der Waals surface area contributed by atoms with Crippen LogP contribution in [-0.2, 0) is 22.5 Å². The molecule has 1 atom stereocenters. The number of esters is 1. The van der Waals surface area contributed by atoms with E-state index in [1.54, 1.807) is 12.1 Å². The first-order valence-corrected chi connectivity index (χ1v) is 11.9. The van der Waals surface area contributed by atoms with Crippen molar-refractivity contribution < 1.29 is 24.1 Å². The molecule has 0 aliphatic rings. The lowest BCUT2D eigenvalue weighted by Crippen LogP contribution is -2.06. The molecule has 4 rings (SSSR count). The Morgan fingerprint density at radius 1 is 1.09 bits per heavy atom. The maximum absolute atomic E-state index is 13.3. The minimum absolute atomic E-state index is 0.0145. The third kappa shape index (κ3) is 5.38. The van der Waals surface area contributed by atoms with E-state index in [2.05, 4.69) is 23.6 Å². The number of rotatable bonds is 9. The van der Waals surface area contributed by atoms with Gasteiger partial charge in [0.2, 0.25) is 0 Å². The molecule has 0 amide bonds. The second-order valence-electron chi connectivity index (χ2n) is 8.67. The highest BCUT2D eigenvalue weighted by Crippen LogP contribution is 2.32. The van der Waals surface area contributed by atoms with E-state index < -0.39 is 6.10 Å². The third-order valence-corrected chi connectivity index (χ3v) is 6.39. The van der Waals surface area contributed by atoms with E-state index in [0.29, 0.717) is 37.1 Å². The number of carbonyl (C=O) groups excluding carboxylic acids is 1. The summed E-state index contributed by atoms with van der Waals surface area (Å²) in [6.07, 6.45) is 0.787. The molecular formula is C29H30FNO4. The maximum atomic E-state index is 13.3. The van der Waals surface area contributed by atoms with Gasteiger partial charge in [0.05, 0.1) is 6.61 Å². The maximum Gasteiger partial charge on any atom is 0.305 e. The van der Waals surface area contributed by atoms with Gasteiger partial charge in [-0.05, 0) is 73.7 Å². The summed E-state index contributed by atoms with van der Waals surface area (Å²) in [4.78, 5) is 11.8. The van der Waals surface area contributed by atoms with E-state index in [-0.39, 0.29) is 17.5 Å². The number of benzene rings is 3. The predicted octanol–water partition coefficient (Wildman–Crippen LogP) is 5.81. The number of fused-ring (bicyclic) bond motifs is 1. The number of aryl methyl sites for hydroxylation is 1. The second-order valence-corrected chi connectivity index (χ2v) is 8.67. The molecule has 0 aliphatic carbocycles. The fraction of sp³-hybridized carbons (Fsp3) is 0.276. The van der Waals surface area contributed by atoms with Crippen molar-refractivity contribution in [1.82, 2.24) is 4.57 Å². The van der Waals surface area contributed by atoms with Crippen LogP contribution in [0.4, 0.5) is 4.39 Å². The molecule has 4 aromatic rings. The normalized spacial score (nSPS) is 12.1. The number of ether oxygens (including phenoxy) is 1. The van der Waals surface area contributed by atoms with Crippen LogP contribution in [0.15, 0.2) is 66.7 Å². The van der Waals surface area contributed by atoms with Gasteiger partial charge in [0.25, 0.3) is 0 Å². The summed E-state index contributed by atoms with van der Waals surface area (Å²) >= 11 is 0. The summed E-state index contributed by atoms with van der Waals surface area (Å²) < 4.78 is 20.6. The van der Waals surface area contributed by atoms with Crippen LogP contribution < -0.4 is 0 Å². The highest BCUT2D eigenvalue weighted by molar-refractivity contribution is 5.85. The fourth-order valence-corrected chi connectivity index (χ4v) is 4.59. The molecule has 5 nitrogen and oxygen atoms in total. The molecule has 1 heterocycles. The molecule has 2 N–H and O–H groups in total. The van der Waals surface area contributed by atoms with E-state index >= 15 is 0 Å². The lowest BCUT2D eigenvalue weighted by molar-refractivity contribution is -0.143. The van der Waals surface area contributed by atoms with E-state index in [1.165, 1.54) is 29.8 Å². The fourth-order valence-electron chi connectivity index (χ4n) is 4.59. The van der Waals surface area contributed by atoms with Crippen LogP contribution in [0.3, 0.4) is 0 Å². The van der Waals surface area contributed by atoms with Crippen molar-refractivity contribution in [1.29, 1.82) is 0 Å². The Kier molecular flexibility index (Phi) is 7.51. The number of carbonyl (C=O) groups is 1. The summed E-state index contributed by atoms with van der Waals surface area (Å²) in [6, 6.07) is 19.0. The quantitative estimate of drug-likeness (QED) is 0.300. The Balaban J connectivity index is 1.62. The second kappa shape index (κ2) is 10.7. The molecule has 0 spiro atoms. The Hall–Kier alpha value is -3.64. The number of halogens is 1. The summed E-state index contributed by atoms with van der Waals surface area (Å²) in [7, 11) is 0. The van der Waals surface area contributed by atoms with Gasteiger partial charge in [-0.3, -0.25) is 4.79 Å². The monoisotopic (exact) mass is 475 g/mol. The zero-order valence-corrected chi connectivity index (χ0v) is 20.0. The largest absolute Gasteiger partial charge is 0.508 e. The van der Waals surface area contributed by atoms with Crippen molar-refractivity contribution in [3.8, 4) is 5.75 Å². The number of aromatic hydroxyl groups is 1. The van der Waals surface area contributed by atoms with E-state index in [0.717, 1.165) is 28.6 Å². The molecule has 35 heavy (non-hydrogen) atoms. The standard InChI is InChI=1S/C29H30FNO4/c1-3-35-28(33)10-6-8-23-19(2)31(26-9-5-4-7-24(23)26)18-20-11-16-27(32)25(17-20)29(34)21-12-14-22(30)15-13-21/h4-5,7,9,11-17,29,32,34H,3,6,8,10,18H2,1-2H3. The number of hydrogen-bond donors (Lipinski definition) is 2. The van der Waals surface area contributed by atoms with Crippen molar-refractivity contribution in [2.24, 2.45) is 0 Å². The molecule has 0 saturated carbocycles. The third-order valence-electron chi connectivity index (χ3n) is 6.39. The van der Waals surface area contributed by atoms with Gasteiger partial charge in [-0.1, -0.05) is 36.4 Å². The number of phenols is 1. The Bertz CT molecular complexity index is 1330. The number of para-hydroxylation sites is 1. The first-order valence-electron chi connectivity index (χ1n) is 11.9. The van der Waals surface area contributed by atoms with Gasteiger partial charge >= 0.3 is 5.97 Å². The van der Waals surface area contributed by atoms with Crippen molar-refractivity contribution in [2.45, 2.75) is 45.8 Å². The average molecular weight is 476 g/mol. The van der Waals surface area contributed by atoms with Gasteiger partial charge in [0, 0.05) is 35.1 Å². The molecule has 0 saturated heterocycles. The first kappa shape index (κ1) is 24.5. The van der Waals surface area contributed by atoms with Crippen molar-refractivity contribution in [3.63, 3.8) is 0 Å². The van der Waals surface area contributed by atoms with Crippen LogP contribution in [-0.4, -0.2) is 27.4 Å². The van der Waals surface area contributed by atoms with Crippen molar-refractivity contribution in [2.75, 3.05) is 6.61 Å². The van der Waals surface area contributed by atoms with Crippen molar-refractivity contribution >= 4 is 16.9 Å². The summed E-state index contributed by atoms with van der Waals surface area (Å²) in [5.74, 6) is -0.573. The lowest BCUT2D eigenvalue weighted by Gasteiger charge is -2.16. The van der Waals surface area contributed by atoms with Gasteiger partial charge < -0.3 is 19.5 Å². The SMILES string of the molecule is CCOC(=O)CCCc1c(C)n(Cc2ccc(O)c(C(O)c3ccc(F)cc3)c2)c2ccccc12. The molecule has 0 aliphatic heterocycles. The Morgan fingerprint density at radius 2 is 1.83 bits per heavy atom. The number of phenolic OH excluding ortho intramolecular Hbond substituents is 1. The lowest BCUT2D eigenvalue weighted by atomic mass is 9.98. The van der Waals surface area contributed by atoms with Crippen LogP contribution in [0.2, 0.25) is 0 Å². The zero-order chi connectivity index (χ0) is 24.9. The van der Waals surface area contributed by atoms with Crippen LogP contribution in [0.1, 0.15) is 53.8 Å². The topological polar surface area (TPSA) is 71.7 Å². The highest BCUT2D eigenvalue weighted by atomic mass is 19.1. The predicted molar refractivity (Wildman–Crippen MR) is 134 cm³/mol. The average Bonchev–Trinajstić information content (AvgIpc) is 3.11. The molecule has 1 unspecified atom stereocenters.